The fourth-order valence-electron chi connectivity index (χ4n) is 4.34. The van der Waals surface area contributed by atoms with Crippen LogP contribution in [0.3, 0.4) is 0 Å². The van der Waals surface area contributed by atoms with E-state index in [1.165, 1.54) is 0 Å². The summed E-state index contributed by atoms with van der Waals surface area (Å²) in [5.41, 5.74) is 1.86. The quantitative estimate of drug-likeness (QED) is 0.393. The van der Waals surface area contributed by atoms with E-state index >= 15 is 0 Å². The fraction of sp³-hybridized carbons (Fsp3) is 0.429. The standard InChI is InChI=1S/C28H35N3O5/c1-19(2)15-24(27(34)30-23(18-32)17-22-13-14-29-26(22)33)31-28(35)36-25(21-11-7-4-8-12-21)16-20-9-5-3-6-10-20/h3-12,18-19,22-25H,13-17H2,1-2H3,(H,29,33)(H,30,34)(H,31,35). The lowest BCUT2D eigenvalue weighted by Gasteiger charge is -2.24. The number of carbonyl (C=O) groups excluding carboxylic acids is 4. The number of hydrogen-bond acceptors (Lipinski definition) is 5. The van der Waals surface area contributed by atoms with E-state index in [-0.39, 0.29) is 24.2 Å². The van der Waals surface area contributed by atoms with E-state index in [0.717, 1.165) is 11.1 Å². The van der Waals surface area contributed by atoms with Crippen molar-refractivity contribution in [3.63, 3.8) is 0 Å². The molecule has 0 saturated carbocycles. The van der Waals surface area contributed by atoms with E-state index in [4.69, 9.17) is 4.74 Å². The summed E-state index contributed by atoms with van der Waals surface area (Å²) in [5, 5.41) is 8.13. The third-order valence-corrected chi connectivity index (χ3v) is 6.19. The van der Waals surface area contributed by atoms with E-state index in [0.29, 0.717) is 32.1 Å². The lowest BCUT2D eigenvalue weighted by Crippen LogP contribution is -2.51. The van der Waals surface area contributed by atoms with Crippen molar-refractivity contribution in [1.29, 1.82) is 0 Å². The second kappa shape index (κ2) is 13.4. The largest absolute Gasteiger partial charge is 0.441 e. The third-order valence-electron chi connectivity index (χ3n) is 6.19. The molecule has 8 nitrogen and oxygen atoms in total. The summed E-state index contributed by atoms with van der Waals surface area (Å²) in [6.07, 6.45) is 1.09. The molecule has 2 aromatic rings. The molecule has 1 saturated heterocycles. The molecule has 36 heavy (non-hydrogen) atoms. The highest BCUT2D eigenvalue weighted by molar-refractivity contribution is 5.88. The summed E-state index contributed by atoms with van der Waals surface area (Å²) in [4.78, 5) is 49.5. The van der Waals surface area contributed by atoms with Crippen LogP contribution in [-0.4, -0.2) is 42.8 Å². The molecule has 192 valence electrons. The Hall–Kier alpha value is -3.68. The highest BCUT2D eigenvalue weighted by Crippen LogP contribution is 2.23. The number of alkyl carbamates (subject to hydrolysis) is 1. The molecule has 0 radical (unpaired) electrons. The van der Waals surface area contributed by atoms with Gasteiger partial charge in [-0.15, -0.1) is 0 Å². The number of ether oxygens (including phenoxy) is 1. The van der Waals surface area contributed by atoms with Gasteiger partial charge in [-0.05, 0) is 36.3 Å². The van der Waals surface area contributed by atoms with Gasteiger partial charge in [0.25, 0.3) is 0 Å². The van der Waals surface area contributed by atoms with Gasteiger partial charge < -0.3 is 25.5 Å². The van der Waals surface area contributed by atoms with Crippen molar-refractivity contribution >= 4 is 24.2 Å². The van der Waals surface area contributed by atoms with Crippen LogP contribution in [0.5, 0.6) is 0 Å². The first-order valence-corrected chi connectivity index (χ1v) is 12.4. The molecule has 1 heterocycles. The van der Waals surface area contributed by atoms with Gasteiger partial charge in [-0.3, -0.25) is 9.59 Å². The Labute approximate surface area is 212 Å². The summed E-state index contributed by atoms with van der Waals surface area (Å²) in [5.74, 6) is -0.797. The van der Waals surface area contributed by atoms with Crippen LogP contribution in [0.4, 0.5) is 4.79 Å². The SMILES string of the molecule is CC(C)CC(NC(=O)OC(Cc1ccccc1)c1ccccc1)C(=O)NC(C=O)CC1CCNC1=O. The van der Waals surface area contributed by atoms with Crippen LogP contribution >= 0.6 is 0 Å². The van der Waals surface area contributed by atoms with Crippen molar-refractivity contribution < 1.29 is 23.9 Å². The number of aldehydes is 1. The van der Waals surface area contributed by atoms with Gasteiger partial charge in [0.15, 0.2) is 0 Å². The highest BCUT2D eigenvalue weighted by atomic mass is 16.6. The van der Waals surface area contributed by atoms with Gasteiger partial charge in [-0.25, -0.2) is 4.79 Å². The van der Waals surface area contributed by atoms with Crippen molar-refractivity contribution in [3.05, 3.63) is 71.8 Å². The molecular formula is C28H35N3O5. The number of carbonyl (C=O) groups is 4. The fourth-order valence-corrected chi connectivity index (χ4v) is 4.34. The molecule has 3 amide bonds. The Bertz CT molecular complexity index is 1010. The van der Waals surface area contributed by atoms with Crippen molar-refractivity contribution in [2.45, 2.75) is 57.7 Å². The Kier molecular flexibility index (Phi) is 10.0. The number of nitrogens with one attached hydrogen (secondary N) is 3. The first-order valence-electron chi connectivity index (χ1n) is 12.4. The van der Waals surface area contributed by atoms with Crippen LogP contribution in [-0.2, 0) is 25.5 Å². The normalized spacial score (nSPS) is 17.5. The van der Waals surface area contributed by atoms with Gasteiger partial charge in [0.1, 0.15) is 18.4 Å². The Morgan fingerprint density at radius 2 is 1.72 bits per heavy atom. The molecule has 0 spiro atoms. The molecule has 1 fully saturated rings. The molecule has 3 rings (SSSR count). The second-order valence-corrected chi connectivity index (χ2v) is 9.58. The molecule has 0 aromatic heterocycles. The average Bonchev–Trinajstić information content (AvgIpc) is 3.27. The molecule has 1 aliphatic heterocycles. The van der Waals surface area contributed by atoms with E-state index in [2.05, 4.69) is 16.0 Å². The van der Waals surface area contributed by atoms with Crippen molar-refractivity contribution in [2.24, 2.45) is 11.8 Å². The predicted octanol–water partition coefficient (Wildman–Crippen LogP) is 3.32. The average molecular weight is 494 g/mol. The van der Waals surface area contributed by atoms with Gasteiger partial charge in [0, 0.05) is 18.9 Å². The van der Waals surface area contributed by atoms with Gasteiger partial charge in [0.05, 0.1) is 6.04 Å². The van der Waals surface area contributed by atoms with E-state index in [1.54, 1.807) is 0 Å². The van der Waals surface area contributed by atoms with Crippen molar-refractivity contribution in [1.82, 2.24) is 16.0 Å². The predicted molar refractivity (Wildman–Crippen MR) is 136 cm³/mol. The van der Waals surface area contributed by atoms with E-state index in [9.17, 15) is 19.2 Å². The molecule has 4 atom stereocenters. The highest BCUT2D eigenvalue weighted by Gasteiger charge is 2.30. The molecule has 2 aromatic carbocycles. The number of hydrogen-bond donors (Lipinski definition) is 3. The van der Waals surface area contributed by atoms with Gasteiger partial charge in [-0.1, -0.05) is 74.5 Å². The topological polar surface area (TPSA) is 114 Å². The van der Waals surface area contributed by atoms with Crippen LogP contribution in [0, 0.1) is 11.8 Å². The smallest absolute Gasteiger partial charge is 0.408 e. The van der Waals surface area contributed by atoms with Crippen LogP contribution in [0.2, 0.25) is 0 Å². The van der Waals surface area contributed by atoms with Gasteiger partial charge >= 0.3 is 6.09 Å². The lowest BCUT2D eigenvalue weighted by molar-refractivity contribution is -0.127. The van der Waals surface area contributed by atoms with Gasteiger partial charge in [0.2, 0.25) is 11.8 Å². The summed E-state index contributed by atoms with van der Waals surface area (Å²) in [6, 6.07) is 17.5. The molecule has 8 heteroatoms. The molecule has 3 N–H and O–H groups in total. The first kappa shape index (κ1) is 26.9. The molecule has 4 unspecified atom stereocenters. The second-order valence-electron chi connectivity index (χ2n) is 9.58. The lowest BCUT2D eigenvalue weighted by atomic mass is 9.98. The monoisotopic (exact) mass is 493 g/mol. The van der Waals surface area contributed by atoms with E-state index < -0.39 is 30.2 Å². The minimum Gasteiger partial charge on any atom is -0.441 e. The van der Waals surface area contributed by atoms with Crippen molar-refractivity contribution in [2.75, 3.05) is 6.54 Å². The zero-order chi connectivity index (χ0) is 25.9. The molecule has 0 bridgehead atoms. The maximum absolute atomic E-state index is 13.0. The number of rotatable bonds is 12. The van der Waals surface area contributed by atoms with Crippen molar-refractivity contribution in [3.8, 4) is 0 Å². The molecule has 1 aliphatic rings. The molecule has 0 aliphatic carbocycles. The third kappa shape index (κ3) is 8.22. The molecular weight excluding hydrogens is 458 g/mol. The van der Waals surface area contributed by atoms with Crippen LogP contribution in [0.1, 0.15) is 50.3 Å². The Morgan fingerprint density at radius 1 is 1.06 bits per heavy atom. The zero-order valence-corrected chi connectivity index (χ0v) is 20.8. The first-order chi connectivity index (χ1) is 17.4. The Balaban J connectivity index is 1.66. The van der Waals surface area contributed by atoms with Gasteiger partial charge in [-0.2, -0.15) is 0 Å². The number of amides is 3. The van der Waals surface area contributed by atoms with Crippen LogP contribution in [0.15, 0.2) is 60.7 Å². The zero-order valence-electron chi connectivity index (χ0n) is 20.8. The number of benzene rings is 2. The summed E-state index contributed by atoms with van der Waals surface area (Å²) in [7, 11) is 0. The summed E-state index contributed by atoms with van der Waals surface area (Å²) >= 11 is 0. The maximum atomic E-state index is 13.0. The Morgan fingerprint density at radius 3 is 2.31 bits per heavy atom. The van der Waals surface area contributed by atoms with E-state index in [1.807, 2.05) is 74.5 Å². The maximum Gasteiger partial charge on any atom is 0.408 e. The minimum absolute atomic E-state index is 0.102. The summed E-state index contributed by atoms with van der Waals surface area (Å²) < 4.78 is 5.80. The summed E-state index contributed by atoms with van der Waals surface area (Å²) in [6.45, 7) is 4.45. The minimum atomic E-state index is -0.884. The van der Waals surface area contributed by atoms with Crippen LogP contribution in [0.25, 0.3) is 0 Å². The van der Waals surface area contributed by atoms with Crippen LogP contribution < -0.4 is 16.0 Å².